The Morgan fingerprint density at radius 2 is 1.83 bits per heavy atom. The van der Waals surface area contributed by atoms with Crippen LogP contribution >= 0.6 is 11.6 Å². The summed E-state index contributed by atoms with van der Waals surface area (Å²) in [5.41, 5.74) is 13.6. The lowest BCUT2D eigenvalue weighted by molar-refractivity contribution is -0.131. The van der Waals surface area contributed by atoms with Crippen molar-refractivity contribution in [3.63, 3.8) is 0 Å². The predicted octanol–water partition coefficient (Wildman–Crippen LogP) is 2.51. The van der Waals surface area contributed by atoms with E-state index < -0.39 is 5.66 Å². The summed E-state index contributed by atoms with van der Waals surface area (Å²) < 4.78 is 0. The van der Waals surface area contributed by atoms with E-state index in [2.05, 4.69) is 9.89 Å². The number of nitrogens with two attached hydrogens (primary N) is 2. The van der Waals surface area contributed by atoms with Crippen molar-refractivity contribution in [1.29, 1.82) is 0 Å². The third kappa shape index (κ3) is 3.80. The monoisotopic (exact) mass is 431 g/mol. The fourth-order valence-corrected chi connectivity index (χ4v) is 5.10. The number of benzene rings is 1. The van der Waals surface area contributed by atoms with Crippen molar-refractivity contribution in [1.82, 2.24) is 4.90 Å². The SMILES string of the molecule is CCC(=O)N1CCN(c2ccc(N3C(N)=NC(N)=NC34CCCCC4)cc2Cl)CC1. The number of aliphatic imine (C=N–C) groups is 2. The smallest absolute Gasteiger partial charge is 0.222 e. The Morgan fingerprint density at radius 3 is 2.47 bits per heavy atom. The van der Waals surface area contributed by atoms with Gasteiger partial charge in [0.15, 0.2) is 0 Å². The summed E-state index contributed by atoms with van der Waals surface area (Å²) in [6.07, 6.45) is 5.66. The molecule has 3 aliphatic rings. The van der Waals surface area contributed by atoms with Crippen molar-refractivity contribution in [2.24, 2.45) is 21.5 Å². The molecule has 0 unspecified atom stereocenters. The quantitative estimate of drug-likeness (QED) is 0.765. The zero-order valence-corrected chi connectivity index (χ0v) is 18.2. The van der Waals surface area contributed by atoms with Gasteiger partial charge < -0.3 is 21.3 Å². The second-order valence-electron chi connectivity index (χ2n) is 8.18. The number of hydrogen-bond donors (Lipinski definition) is 2. The molecule has 1 aromatic rings. The highest BCUT2D eigenvalue weighted by Gasteiger charge is 2.42. The van der Waals surface area contributed by atoms with Crippen LogP contribution in [0, 0.1) is 0 Å². The Morgan fingerprint density at radius 1 is 1.13 bits per heavy atom. The normalized spacial score (nSPS) is 21.5. The molecule has 0 aromatic heterocycles. The third-order valence-electron chi connectivity index (χ3n) is 6.32. The van der Waals surface area contributed by atoms with Gasteiger partial charge in [-0.15, -0.1) is 0 Å². The molecular formula is C21H30ClN7O. The summed E-state index contributed by atoms with van der Waals surface area (Å²) in [4.78, 5) is 27.0. The molecule has 1 saturated carbocycles. The van der Waals surface area contributed by atoms with Crippen LogP contribution in [0.3, 0.4) is 0 Å². The summed E-state index contributed by atoms with van der Waals surface area (Å²) in [6.45, 7) is 4.86. The summed E-state index contributed by atoms with van der Waals surface area (Å²) in [7, 11) is 0. The van der Waals surface area contributed by atoms with Gasteiger partial charge in [-0.05, 0) is 43.9 Å². The molecule has 1 aromatic carbocycles. The lowest BCUT2D eigenvalue weighted by Crippen LogP contribution is -2.58. The molecule has 30 heavy (non-hydrogen) atoms. The van der Waals surface area contributed by atoms with E-state index >= 15 is 0 Å². The molecule has 1 amide bonds. The Kier molecular flexibility index (Phi) is 5.77. The lowest BCUT2D eigenvalue weighted by Gasteiger charge is -2.45. The highest BCUT2D eigenvalue weighted by molar-refractivity contribution is 6.33. The summed E-state index contributed by atoms with van der Waals surface area (Å²) in [5, 5.41) is 0.657. The number of halogens is 1. The summed E-state index contributed by atoms with van der Waals surface area (Å²) >= 11 is 6.72. The van der Waals surface area contributed by atoms with Crippen molar-refractivity contribution in [2.75, 3.05) is 36.0 Å². The number of carbonyl (C=O) groups excluding carboxylic acids is 1. The summed E-state index contributed by atoms with van der Waals surface area (Å²) in [5.74, 6) is 0.807. The number of carbonyl (C=O) groups is 1. The average molecular weight is 432 g/mol. The van der Waals surface area contributed by atoms with Crippen LogP contribution < -0.4 is 21.3 Å². The van der Waals surface area contributed by atoms with E-state index in [0.29, 0.717) is 30.5 Å². The molecule has 9 heteroatoms. The van der Waals surface area contributed by atoms with Crippen LogP contribution in [0.2, 0.25) is 5.02 Å². The van der Waals surface area contributed by atoms with Crippen LogP contribution in [-0.2, 0) is 4.79 Å². The largest absolute Gasteiger partial charge is 0.369 e. The second-order valence-corrected chi connectivity index (χ2v) is 8.58. The van der Waals surface area contributed by atoms with Crippen LogP contribution in [0.5, 0.6) is 0 Å². The third-order valence-corrected chi connectivity index (χ3v) is 6.62. The Labute approximate surface area is 182 Å². The van der Waals surface area contributed by atoms with Gasteiger partial charge >= 0.3 is 0 Å². The zero-order valence-electron chi connectivity index (χ0n) is 17.5. The molecule has 0 bridgehead atoms. The van der Waals surface area contributed by atoms with Crippen LogP contribution in [0.1, 0.15) is 45.4 Å². The fourth-order valence-electron chi connectivity index (χ4n) is 4.81. The van der Waals surface area contributed by atoms with Gasteiger partial charge in [0.05, 0.1) is 10.7 Å². The van der Waals surface area contributed by atoms with E-state index in [9.17, 15) is 4.79 Å². The van der Waals surface area contributed by atoms with Gasteiger partial charge in [0.25, 0.3) is 0 Å². The van der Waals surface area contributed by atoms with Crippen LogP contribution in [0.25, 0.3) is 0 Å². The molecular weight excluding hydrogens is 402 g/mol. The van der Waals surface area contributed by atoms with Crippen LogP contribution in [0.4, 0.5) is 11.4 Å². The van der Waals surface area contributed by atoms with Gasteiger partial charge in [-0.25, -0.2) is 4.99 Å². The minimum atomic E-state index is -0.481. The molecule has 2 heterocycles. The van der Waals surface area contributed by atoms with Crippen molar-refractivity contribution < 1.29 is 4.79 Å². The molecule has 2 fully saturated rings. The van der Waals surface area contributed by atoms with E-state index in [-0.39, 0.29) is 11.9 Å². The molecule has 2 aliphatic heterocycles. The van der Waals surface area contributed by atoms with E-state index in [1.54, 1.807) is 0 Å². The number of amides is 1. The highest BCUT2D eigenvalue weighted by atomic mass is 35.5. The minimum Gasteiger partial charge on any atom is -0.369 e. The molecule has 1 aliphatic carbocycles. The minimum absolute atomic E-state index is 0.202. The zero-order chi connectivity index (χ0) is 21.3. The lowest BCUT2D eigenvalue weighted by atomic mass is 9.87. The van der Waals surface area contributed by atoms with E-state index in [0.717, 1.165) is 50.1 Å². The Balaban J connectivity index is 1.57. The number of rotatable bonds is 3. The predicted molar refractivity (Wildman–Crippen MR) is 122 cm³/mol. The maximum atomic E-state index is 11.9. The van der Waals surface area contributed by atoms with Gasteiger partial charge in [-0.2, -0.15) is 4.99 Å². The topological polar surface area (TPSA) is 104 Å². The number of hydrogen-bond acceptors (Lipinski definition) is 7. The van der Waals surface area contributed by atoms with E-state index in [1.807, 2.05) is 34.9 Å². The maximum Gasteiger partial charge on any atom is 0.222 e. The molecule has 0 atom stereocenters. The Hall–Kier alpha value is -2.48. The van der Waals surface area contributed by atoms with Crippen molar-refractivity contribution in [3.05, 3.63) is 23.2 Å². The van der Waals surface area contributed by atoms with E-state index in [1.165, 1.54) is 6.42 Å². The van der Waals surface area contributed by atoms with E-state index in [4.69, 9.17) is 28.1 Å². The molecule has 162 valence electrons. The van der Waals surface area contributed by atoms with Gasteiger partial charge in [-0.1, -0.05) is 24.9 Å². The second kappa shape index (κ2) is 8.34. The van der Waals surface area contributed by atoms with Gasteiger partial charge in [0.1, 0.15) is 5.66 Å². The molecule has 4 rings (SSSR count). The Bertz CT molecular complexity index is 870. The molecule has 0 radical (unpaired) electrons. The van der Waals surface area contributed by atoms with Crippen molar-refractivity contribution in [2.45, 2.75) is 51.1 Å². The fraction of sp³-hybridized carbons (Fsp3) is 0.571. The standard InChI is InChI=1S/C21H30ClN7O/c1-2-18(30)28-12-10-27(11-13-28)17-7-6-15(14-16(17)22)29-20(24)25-19(23)26-21(29)8-4-3-5-9-21/h6-7,14H,2-5,8-13H2,1H3,(H4,23,24,25,26). The van der Waals surface area contributed by atoms with Crippen molar-refractivity contribution >= 4 is 40.8 Å². The molecule has 4 N–H and O–H groups in total. The summed E-state index contributed by atoms with van der Waals surface area (Å²) in [6, 6.07) is 6.00. The van der Waals surface area contributed by atoms with Gasteiger partial charge in [0.2, 0.25) is 17.8 Å². The molecule has 1 spiro atoms. The van der Waals surface area contributed by atoms with Gasteiger partial charge in [-0.3, -0.25) is 9.69 Å². The highest BCUT2D eigenvalue weighted by Crippen LogP contribution is 2.41. The number of nitrogens with zero attached hydrogens (tertiary/aromatic N) is 5. The number of guanidine groups is 2. The van der Waals surface area contributed by atoms with Gasteiger partial charge in [0, 0.05) is 38.3 Å². The van der Waals surface area contributed by atoms with Crippen LogP contribution in [-0.4, -0.2) is 54.6 Å². The first kappa shape index (κ1) is 20.8. The first-order chi connectivity index (χ1) is 14.4. The number of piperazine rings is 1. The van der Waals surface area contributed by atoms with Crippen molar-refractivity contribution in [3.8, 4) is 0 Å². The molecule has 1 saturated heterocycles. The number of anilines is 2. The molecule has 8 nitrogen and oxygen atoms in total. The average Bonchev–Trinajstić information content (AvgIpc) is 2.73. The first-order valence-electron chi connectivity index (χ1n) is 10.8. The first-order valence-corrected chi connectivity index (χ1v) is 11.1. The van der Waals surface area contributed by atoms with Crippen LogP contribution in [0.15, 0.2) is 28.2 Å². The maximum absolute atomic E-state index is 11.9.